The van der Waals surface area contributed by atoms with E-state index in [1.165, 1.54) is 12.1 Å². The van der Waals surface area contributed by atoms with Gasteiger partial charge in [-0.15, -0.1) is 10.2 Å². The molecule has 1 unspecified atom stereocenters. The predicted octanol–water partition coefficient (Wildman–Crippen LogP) is 2.19. The van der Waals surface area contributed by atoms with Crippen LogP contribution in [-0.4, -0.2) is 26.0 Å². The number of alkyl halides is 3. The smallest absolute Gasteiger partial charge is 0.391 e. The molecule has 0 bridgehead atoms. The molecule has 0 radical (unpaired) electrons. The second kappa shape index (κ2) is 5.14. The molecule has 0 amide bonds. The van der Waals surface area contributed by atoms with Crippen molar-refractivity contribution in [2.45, 2.75) is 38.1 Å². The van der Waals surface area contributed by atoms with Gasteiger partial charge in [-0.25, -0.2) is 0 Å². The molecule has 112 valence electrons. The summed E-state index contributed by atoms with van der Waals surface area (Å²) in [5.41, 5.74) is -0.487. The number of hydrogen-bond donors (Lipinski definition) is 1. The van der Waals surface area contributed by atoms with Gasteiger partial charge in [0.2, 0.25) is 0 Å². The summed E-state index contributed by atoms with van der Waals surface area (Å²) in [6.45, 7) is 0.339. The molecule has 0 saturated heterocycles. The Balaban J connectivity index is 1.94. The Kier molecular flexibility index (Phi) is 3.44. The lowest BCUT2D eigenvalue weighted by molar-refractivity contribution is -0.138. The van der Waals surface area contributed by atoms with Crippen molar-refractivity contribution < 1.29 is 18.3 Å². The van der Waals surface area contributed by atoms with Crippen LogP contribution in [0.4, 0.5) is 13.2 Å². The minimum absolute atomic E-state index is 0.0510. The predicted molar refractivity (Wildman–Crippen MR) is 68.6 cm³/mol. The van der Waals surface area contributed by atoms with Crippen LogP contribution in [0.15, 0.2) is 24.3 Å². The van der Waals surface area contributed by atoms with E-state index in [1.807, 2.05) is 0 Å². The van der Waals surface area contributed by atoms with Crippen LogP contribution >= 0.6 is 0 Å². The monoisotopic (exact) mass is 297 g/mol. The van der Waals surface area contributed by atoms with E-state index in [4.69, 9.17) is 0 Å². The third-order valence-electron chi connectivity index (χ3n) is 3.67. The van der Waals surface area contributed by atoms with Crippen molar-refractivity contribution in [3.8, 4) is 0 Å². The first-order valence-electron chi connectivity index (χ1n) is 6.69. The number of benzene rings is 1. The third kappa shape index (κ3) is 2.78. The van der Waals surface area contributed by atoms with Crippen molar-refractivity contribution in [2.24, 2.45) is 0 Å². The Hall–Kier alpha value is -1.89. The summed E-state index contributed by atoms with van der Waals surface area (Å²) in [6.07, 6.45) is -3.63. The number of aryl methyl sites for hydroxylation is 1. The van der Waals surface area contributed by atoms with Crippen molar-refractivity contribution in [1.82, 2.24) is 14.8 Å². The molecule has 7 heteroatoms. The van der Waals surface area contributed by atoms with Crippen molar-refractivity contribution in [2.75, 3.05) is 0 Å². The fourth-order valence-corrected chi connectivity index (χ4v) is 2.62. The first kappa shape index (κ1) is 14.1. The molecule has 21 heavy (non-hydrogen) atoms. The Labute approximate surface area is 119 Å². The summed E-state index contributed by atoms with van der Waals surface area (Å²) in [7, 11) is 0. The molecule has 1 atom stereocenters. The van der Waals surface area contributed by atoms with Crippen LogP contribution in [0.2, 0.25) is 0 Å². The van der Waals surface area contributed by atoms with Gasteiger partial charge in [0, 0.05) is 12.8 Å². The van der Waals surface area contributed by atoms with Gasteiger partial charge in [0.05, 0.1) is 18.2 Å². The van der Waals surface area contributed by atoms with E-state index in [2.05, 4.69) is 10.2 Å². The number of aliphatic hydroxyl groups excluding tert-OH is 1. The van der Waals surface area contributed by atoms with E-state index in [1.54, 1.807) is 10.6 Å². The standard InChI is InChI=1S/C14H14F3N3O/c15-14(16,17)11-4-2-1-3-9(11)7-13-19-18-12-6-5-10(21)8-20(12)13/h1-4,10,21H,5-8H2. The van der Waals surface area contributed by atoms with Crippen LogP contribution in [0, 0.1) is 0 Å². The Morgan fingerprint density at radius 3 is 2.76 bits per heavy atom. The first-order chi connectivity index (χ1) is 9.95. The summed E-state index contributed by atoms with van der Waals surface area (Å²) in [5.74, 6) is 1.18. The van der Waals surface area contributed by atoms with Crippen molar-refractivity contribution in [1.29, 1.82) is 0 Å². The van der Waals surface area contributed by atoms with Gasteiger partial charge in [-0.2, -0.15) is 13.2 Å². The van der Waals surface area contributed by atoms with Crippen LogP contribution in [0.3, 0.4) is 0 Å². The van der Waals surface area contributed by atoms with Crippen LogP contribution < -0.4 is 0 Å². The fraction of sp³-hybridized carbons (Fsp3) is 0.429. The number of aromatic nitrogens is 3. The highest BCUT2D eigenvalue weighted by atomic mass is 19.4. The van der Waals surface area contributed by atoms with E-state index >= 15 is 0 Å². The number of hydrogen-bond acceptors (Lipinski definition) is 3. The average molecular weight is 297 g/mol. The molecular formula is C14H14F3N3O. The zero-order valence-electron chi connectivity index (χ0n) is 11.1. The molecule has 1 aromatic carbocycles. The van der Waals surface area contributed by atoms with E-state index < -0.39 is 17.8 Å². The minimum atomic E-state index is -4.39. The van der Waals surface area contributed by atoms with Crippen LogP contribution in [0.25, 0.3) is 0 Å². The molecule has 2 aromatic rings. The number of nitrogens with zero attached hydrogens (tertiary/aromatic N) is 3. The van der Waals surface area contributed by atoms with Gasteiger partial charge in [-0.1, -0.05) is 18.2 Å². The highest BCUT2D eigenvalue weighted by Gasteiger charge is 2.33. The highest BCUT2D eigenvalue weighted by Crippen LogP contribution is 2.32. The zero-order valence-corrected chi connectivity index (χ0v) is 11.1. The zero-order chi connectivity index (χ0) is 15.0. The quantitative estimate of drug-likeness (QED) is 0.924. The summed E-state index contributed by atoms with van der Waals surface area (Å²) in [5, 5.41) is 17.7. The maximum atomic E-state index is 13.0. The number of aliphatic hydroxyl groups is 1. The number of fused-ring (bicyclic) bond motifs is 1. The maximum absolute atomic E-state index is 13.0. The molecule has 0 aliphatic carbocycles. The molecule has 3 rings (SSSR count). The summed E-state index contributed by atoms with van der Waals surface area (Å²) in [4.78, 5) is 0. The molecule has 0 spiro atoms. The lowest BCUT2D eigenvalue weighted by Gasteiger charge is -2.20. The average Bonchev–Trinajstić information content (AvgIpc) is 2.81. The van der Waals surface area contributed by atoms with Gasteiger partial charge in [0.1, 0.15) is 11.6 Å². The maximum Gasteiger partial charge on any atom is 0.416 e. The number of halogens is 3. The second-order valence-corrected chi connectivity index (χ2v) is 5.17. The van der Waals surface area contributed by atoms with E-state index in [9.17, 15) is 18.3 Å². The molecule has 1 aliphatic heterocycles. The third-order valence-corrected chi connectivity index (χ3v) is 3.67. The molecule has 0 saturated carbocycles. The SMILES string of the molecule is OC1CCc2nnc(Cc3ccccc3C(F)(F)F)n2C1. The first-order valence-corrected chi connectivity index (χ1v) is 6.69. The second-order valence-electron chi connectivity index (χ2n) is 5.17. The van der Waals surface area contributed by atoms with Crippen LogP contribution in [0.5, 0.6) is 0 Å². The van der Waals surface area contributed by atoms with Crippen molar-refractivity contribution in [3.63, 3.8) is 0 Å². The van der Waals surface area contributed by atoms with Crippen molar-refractivity contribution in [3.05, 3.63) is 47.0 Å². The van der Waals surface area contributed by atoms with Gasteiger partial charge in [-0.3, -0.25) is 0 Å². The lowest BCUT2D eigenvalue weighted by Crippen LogP contribution is -2.25. The molecule has 1 N–H and O–H groups in total. The van der Waals surface area contributed by atoms with Gasteiger partial charge >= 0.3 is 6.18 Å². The topological polar surface area (TPSA) is 50.9 Å². The normalized spacial score (nSPS) is 18.6. The summed E-state index contributed by atoms with van der Waals surface area (Å²) >= 11 is 0. The van der Waals surface area contributed by atoms with Gasteiger partial charge < -0.3 is 9.67 Å². The molecule has 1 aliphatic rings. The molecule has 1 aromatic heterocycles. The Morgan fingerprint density at radius 2 is 2.00 bits per heavy atom. The summed E-state index contributed by atoms with van der Waals surface area (Å²) < 4.78 is 40.7. The number of rotatable bonds is 2. The highest BCUT2D eigenvalue weighted by molar-refractivity contribution is 5.32. The van der Waals surface area contributed by atoms with Crippen LogP contribution in [0.1, 0.15) is 29.2 Å². The molecular weight excluding hydrogens is 283 g/mol. The molecule has 2 heterocycles. The Bertz CT molecular complexity index is 651. The summed E-state index contributed by atoms with van der Waals surface area (Å²) in [6, 6.07) is 5.46. The van der Waals surface area contributed by atoms with E-state index in [-0.39, 0.29) is 12.0 Å². The molecule has 0 fully saturated rings. The Morgan fingerprint density at radius 1 is 1.24 bits per heavy atom. The van der Waals surface area contributed by atoms with Crippen molar-refractivity contribution >= 4 is 0 Å². The van der Waals surface area contributed by atoms with E-state index in [0.29, 0.717) is 25.2 Å². The van der Waals surface area contributed by atoms with Gasteiger partial charge in [-0.05, 0) is 18.1 Å². The minimum Gasteiger partial charge on any atom is -0.391 e. The lowest BCUT2D eigenvalue weighted by atomic mass is 10.0. The van der Waals surface area contributed by atoms with Gasteiger partial charge in [0.25, 0.3) is 0 Å². The van der Waals surface area contributed by atoms with Gasteiger partial charge in [0.15, 0.2) is 0 Å². The van der Waals surface area contributed by atoms with Crippen LogP contribution in [-0.2, 0) is 25.6 Å². The largest absolute Gasteiger partial charge is 0.416 e. The molecule has 4 nitrogen and oxygen atoms in total. The fourth-order valence-electron chi connectivity index (χ4n) is 2.62. The van der Waals surface area contributed by atoms with E-state index in [0.717, 1.165) is 11.9 Å².